The van der Waals surface area contributed by atoms with Gasteiger partial charge in [0.15, 0.2) is 0 Å². The Morgan fingerprint density at radius 2 is 2.54 bits per heavy atom. The summed E-state index contributed by atoms with van der Waals surface area (Å²) in [6.07, 6.45) is 1.33. The van der Waals surface area contributed by atoms with E-state index in [4.69, 9.17) is 4.74 Å². The third-order valence-electron chi connectivity index (χ3n) is 2.62. The molecule has 2 heterocycles. The topological polar surface area (TPSA) is 21.3 Å². The molecular formula is C10H15NOS. The summed E-state index contributed by atoms with van der Waals surface area (Å²) < 4.78 is 5.76. The van der Waals surface area contributed by atoms with Crippen molar-refractivity contribution in [3.63, 3.8) is 0 Å². The van der Waals surface area contributed by atoms with Crippen molar-refractivity contribution in [3.8, 4) is 0 Å². The molecule has 0 amide bonds. The number of rotatable bonds is 2. The van der Waals surface area contributed by atoms with Crippen molar-refractivity contribution in [1.82, 2.24) is 5.32 Å². The standard InChI is InChI=1S/C10H15NOS/c1-7(11-2)10-8-4-6-13-9(8)3-5-12-10/h4,6-7,10-11H,3,5H2,1-2H3/t7-,10-/m1/s1. The van der Waals surface area contributed by atoms with Gasteiger partial charge in [0.1, 0.15) is 0 Å². The molecule has 0 unspecified atom stereocenters. The van der Waals surface area contributed by atoms with Crippen LogP contribution in [-0.2, 0) is 11.2 Å². The summed E-state index contributed by atoms with van der Waals surface area (Å²) >= 11 is 1.85. The van der Waals surface area contributed by atoms with Gasteiger partial charge in [-0.15, -0.1) is 11.3 Å². The van der Waals surface area contributed by atoms with Crippen LogP contribution in [0.1, 0.15) is 23.5 Å². The van der Waals surface area contributed by atoms with Crippen molar-refractivity contribution < 1.29 is 4.74 Å². The van der Waals surface area contributed by atoms with Crippen molar-refractivity contribution in [2.24, 2.45) is 0 Å². The zero-order chi connectivity index (χ0) is 9.26. The number of hydrogen-bond donors (Lipinski definition) is 1. The zero-order valence-electron chi connectivity index (χ0n) is 8.04. The molecule has 13 heavy (non-hydrogen) atoms. The number of thiophene rings is 1. The molecule has 1 aliphatic rings. The lowest BCUT2D eigenvalue weighted by Gasteiger charge is -2.28. The summed E-state index contributed by atoms with van der Waals surface area (Å²) in [4.78, 5) is 1.50. The van der Waals surface area contributed by atoms with Crippen LogP contribution in [-0.4, -0.2) is 19.7 Å². The number of hydrogen-bond acceptors (Lipinski definition) is 3. The maximum absolute atomic E-state index is 5.76. The third kappa shape index (κ3) is 1.64. The molecule has 1 aliphatic heterocycles. The van der Waals surface area contributed by atoms with E-state index in [0.29, 0.717) is 6.04 Å². The molecular weight excluding hydrogens is 182 g/mol. The van der Waals surface area contributed by atoms with Crippen LogP contribution in [0.25, 0.3) is 0 Å². The van der Waals surface area contributed by atoms with Gasteiger partial charge in [-0.2, -0.15) is 0 Å². The minimum absolute atomic E-state index is 0.250. The van der Waals surface area contributed by atoms with Gasteiger partial charge < -0.3 is 10.1 Å². The van der Waals surface area contributed by atoms with Crippen molar-refractivity contribution in [3.05, 3.63) is 21.9 Å². The second-order valence-electron chi connectivity index (χ2n) is 3.42. The highest BCUT2D eigenvalue weighted by molar-refractivity contribution is 7.10. The molecule has 0 spiro atoms. The Labute approximate surface area is 82.9 Å². The number of ether oxygens (including phenoxy) is 1. The smallest absolute Gasteiger partial charge is 0.0985 e. The highest BCUT2D eigenvalue weighted by atomic mass is 32.1. The molecule has 0 radical (unpaired) electrons. The van der Waals surface area contributed by atoms with Crippen molar-refractivity contribution >= 4 is 11.3 Å². The lowest BCUT2D eigenvalue weighted by atomic mass is 10.0. The summed E-state index contributed by atoms with van der Waals surface area (Å²) in [6, 6.07) is 2.59. The Kier molecular flexibility index (Phi) is 2.67. The van der Waals surface area contributed by atoms with Gasteiger partial charge in [-0.25, -0.2) is 0 Å². The highest BCUT2D eigenvalue weighted by Crippen LogP contribution is 2.32. The van der Waals surface area contributed by atoms with Gasteiger partial charge in [0.25, 0.3) is 0 Å². The molecule has 0 saturated carbocycles. The van der Waals surface area contributed by atoms with Crippen LogP contribution < -0.4 is 5.32 Å². The van der Waals surface area contributed by atoms with Crippen molar-refractivity contribution in [1.29, 1.82) is 0 Å². The lowest BCUT2D eigenvalue weighted by molar-refractivity contribution is 0.0227. The first-order valence-electron chi connectivity index (χ1n) is 4.68. The molecule has 2 nitrogen and oxygen atoms in total. The van der Waals surface area contributed by atoms with Gasteiger partial charge in [0.2, 0.25) is 0 Å². The average molecular weight is 197 g/mol. The van der Waals surface area contributed by atoms with Crippen LogP contribution >= 0.6 is 11.3 Å². The fraction of sp³-hybridized carbons (Fsp3) is 0.600. The number of nitrogens with one attached hydrogen (secondary N) is 1. The molecule has 72 valence electrons. The van der Waals surface area contributed by atoms with Crippen LogP contribution in [0.2, 0.25) is 0 Å². The van der Waals surface area contributed by atoms with E-state index in [1.807, 2.05) is 18.4 Å². The molecule has 0 bridgehead atoms. The molecule has 1 N–H and O–H groups in total. The van der Waals surface area contributed by atoms with Crippen molar-refractivity contribution in [2.45, 2.75) is 25.5 Å². The van der Waals surface area contributed by atoms with Gasteiger partial charge in [0.05, 0.1) is 12.7 Å². The zero-order valence-corrected chi connectivity index (χ0v) is 8.86. The van der Waals surface area contributed by atoms with Gasteiger partial charge in [0, 0.05) is 17.3 Å². The van der Waals surface area contributed by atoms with Crippen LogP contribution in [0.3, 0.4) is 0 Å². The molecule has 0 aliphatic carbocycles. The molecule has 1 aromatic heterocycles. The van der Waals surface area contributed by atoms with E-state index in [-0.39, 0.29) is 6.10 Å². The molecule has 3 heteroatoms. The molecule has 0 aromatic carbocycles. The normalized spacial score (nSPS) is 24.0. The molecule has 0 saturated heterocycles. The van der Waals surface area contributed by atoms with Gasteiger partial charge in [-0.1, -0.05) is 0 Å². The monoisotopic (exact) mass is 197 g/mol. The van der Waals surface area contributed by atoms with E-state index in [9.17, 15) is 0 Å². The second-order valence-corrected chi connectivity index (χ2v) is 4.42. The van der Waals surface area contributed by atoms with Gasteiger partial charge in [-0.05, 0) is 31.0 Å². The van der Waals surface area contributed by atoms with E-state index in [2.05, 4.69) is 23.7 Å². The predicted octanol–water partition coefficient (Wildman–Crippen LogP) is 1.97. The minimum Gasteiger partial charge on any atom is -0.371 e. The Balaban J connectivity index is 2.24. The predicted molar refractivity (Wildman–Crippen MR) is 55.2 cm³/mol. The third-order valence-corrected chi connectivity index (χ3v) is 3.62. The van der Waals surface area contributed by atoms with E-state index in [1.54, 1.807) is 0 Å². The van der Waals surface area contributed by atoms with E-state index in [0.717, 1.165) is 13.0 Å². The molecule has 1 aromatic rings. The fourth-order valence-electron chi connectivity index (χ4n) is 1.74. The first-order chi connectivity index (χ1) is 6.33. The largest absolute Gasteiger partial charge is 0.371 e. The average Bonchev–Trinajstić information content (AvgIpc) is 2.63. The summed E-state index contributed by atoms with van der Waals surface area (Å²) in [6.45, 7) is 3.03. The van der Waals surface area contributed by atoms with Crippen LogP contribution in [0.4, 0.5) is 0 Å². The highest BCUT2D eigenvalue weighted by Gasteiger charge is 2.25. The van der Waals surface area contributed by atoms with Gasteiger partial charge >= 0.3 is 0 Å². The van der Waals surface area contributed by atoms with Crippen molar-refractivity contribution in [2.75, 3.05) is 13.7 Å². The number of fused-ring (bicyclic) bond motifs is 1. The summed E-state index contributed by atoms with van der Waals surface area (Å²) in [5, 5.41) is 5.41. The summed E-state index contributed by atoms with van der Waals surface area (Å²) in [5.74, 6) is 0. The van der Waals surface area contributed by atoms with Gasteiger partial charge in [-0.3, -0.25) is 0 Å². The molecule has 2 atom stereocenters. The molecule has 0 fully saturated rings. The summed E-state index contributed by atoms with van der Waals surface area (Å²) in [5.41, 5.74) is 1.39. The van der Waals surface area contributed by atoms with Crippen LogP contribution in [0, 0.1) is 0 Å². The first-order valence-corrected chi connectivity index (χ1v) is 5.56. The Hall–Kier alpha value is -0.380. The molecule has 2 rings (SSSR count). The Bertz CT molecular complexity index is 284. The van der Waals surface area contributed by atoms with Crippen LogP contribution in [0.5, 0.6) is 0 Å². The van der Waals surface area contributed by atoms with Crippen LogP contribution in [0.15, 0.2) is 11.4 Å². The maximum Gasteiger partial charge on any atom is 0.0985 e. The maximum atomic E-state index is 5.76. The summed E-state index contributed by atoms with van der Waals surface area (Å²) in [7, 11) is 1.98. The van der Waals surface area contributed by atoms with E-state index in [1.165, 1.54) is 10.4 Å². The second kappa shape index (κ2) is 3.78. The number of likely N-dealkylation sites (N-methyl/N-ethyl adjacent to an activating group) is 1. The fourth-order valence-corrected chi connectivity index (χ4v) is 2.64. The van der Waals surface area contributed by atoms with E-state index < -0.39 is 0 Å². The first kappa shape index (κ1) is 9.19. The minimum atomic E-state index is 0.250. The Morgan fingerprint density at radius 3 is 3.31 bits per heavy atom. The lowest BCUT2D eigenvalue weighted by Crippen LogP contribution is -2.33. The Morgan fingerprint density at radius 1 is 1.69 bits per heavy atom. The quantitative estimate of drug-likeness (QED) is 0.782. The SMILES string of the molecule is CN[C@H](C)[C@H]1OCCc2sccc21. The van der Waals surface area contributed by atoms with E-state index >= 15 is 0 Å².